The molecule has 1 aliphatic heterocycles. The summed E-state index contributed by atoms with van der Waals surface area (Å²) in [6, 6.07) is 0.240. The lowest BCUT2D eigenvalue weighted by atomic mass is 10.1. The van der Waals surface area contributed by atoms with Gasteiger partial charge in [-0.2, -0.15) is 11.8 Å². The number of hydrogen-bond donors (Lipinski definition) is 2. The van der Waals surface area contributed by atoms with Crippen molar-refractivity contribution in [1.82, 2.24) is 15.5 Å². The zero-order valence-corrected chi connectivity index (χ0v) is 17.3. The van der Waals surface area contributed by atoms with Crippen LogP contribution in [-0.2, 0) is 4.74 Å². The number of ether oxygens (including phenoxy) is 1. The van der Waals surface area contributed by atoms with E-state index in [2.05, 4.69) is 21.9 Å². The number of rotatable bonds is 5. The first-order chi connectivity index (χ1) is 9.85. The predicted octanol–water partition coefficient (Wildman–Crippen LogP) is 2.14. The van der Waals surface area contributed by atoms with E-state index in [-0.39, 0.29) is 36.1 Å². The summed E-state index contributed by atoms with van der Waals surface area (Å²) in [7, 11) is 1.76. The molecule has 1 heterocycles. The molecule has 130 valence electrons. The van der Waals surface area contributed by atoms with Gasteiger partial charge in [0.25, 0.3) is 0 Å². The highest BCUT2D eigenvalue weighted by Crippen LogP contribution is 2.15. The highest BCUT2D eigenvalue weighted by atomic mass is 127. The number of nitrogens with zero attached hydrogens (tertiary/aromatic N) is 2. The van der Waals surface area contributed by atoms with E-state index in [9.17, 15) is 4.79 Å². The van der Waals surface area contributed by atoms with E-state index in [1.807, 2.05) is 32.5 Å². The Kier molecular flexibility index (Phi) is 10.2. The van der Waals surface area contributed by atoms with Gasteiger partial charge in [-0.15, -0.1) is 24.0 Å². The Balaban J connectivity index is 0.00000441. The lowest BCUT2D eigenvalue weighted by Crippen LogP contribution is -2.63. The number of halogens is 1. The van der Waals surface area contributed by atoms with E-state index >= 15 is 0 Å². The molecule has 1 rings (SSSR count). The standard InChI is InChI=1S/C14H28N4O2S.HI/c1-14(2,3)20-13(19)18-9-11(10-18)17-12(15-4)16-7-6-8-21-5;/h11H,6-10H2,1-5H3,(H2,15,16,17);1H. The van der Waals surface area contributed by atoms with Crippen LogP contribution in [0.4, 0.5) is 4.79 Å². The van der Waals surface area contributed by atoms with Crippen molar-refractivity contribution in [1.29, 1.82) is 0 Å². The van der Waals surface area contributed by atoms with Gasteiger partial charge in [-0.05, 0) is 39.2 Å². The molecule has 22 heavy (non-hydrogen) atoms. The van der Waals surface area contributed by atoms with Crippen molar-refractivity contribution in [2.75, 3.05) is 38.7 Å². The molecule has 1 aliphatic rings. The molecule has 0 atom stereocenters. The number of thioether (sulfide) groups is 1. The fourth-order valence-corrected chi connectivity index (χ4v) is 2.29. The zero-order chi connectivity index (χ0) is 15.9. The quantitative estimate of drug-likeness (QED) is 0.295. The molecular formula is C14H29IN4O2S. The van der Waals surface area contributed by atoms with Crippen LogP contribution in [0.5, 0.6) is 0 Å². The number of aliphatic imine (C=N–C) groups is 1. The van der Waals surface area contributed by atoms with Crippen molar-refractivity contribution >= 4 is 47.8 Å². The third kappa shape index (κ3) is 8.30. The first-order valence-electron chi connectivity index (χ1n) is 7.29. The zero-order valence-electron chi connectivity index (χ0n) is 14.1. The normalized spacial score (nSPS) is 15.7. The third-order valence-corrected chi connectivity index (χ3v) is 3.61. The van der Waals surface area contributed by atoms with Crippen molar-refractivity contribution < 1.29 is 9.53 Å². The summed E-state index contributed by atoms with van der Waals surface area (Å²) in [4.78, 5) is 17.7. The Morgan fingerprint density at radius 3 is 2.55 bits per heavy atom. The van der Waals surface area contributed by atoms with Crippen LogP contribution in [0.1, 0.15) is 27.2 Å². The fourth-order valence-electron chi connectivity index (χ4n) is 1.86. The van der Waals surface area contributed by atoms with Crippen LogP contribution < -0.4 is 10.6 Å². The van der Waals surface area contributed by atoms with Crippen LogP contribution in [0.3, 0.4) is 0 Å². The van der Waals surface area contributed by atoms with E-state index in [4.69, 9.17) is 4.74 Å². The number of carbonyl (C=O) groups is 1. The summed E-state index contributed by atoms with van der Waals surface area (Å²) in [6.07, 6.45) is 2.96. The lowest BCUT2D eigenvalue weighted by Gasteiger charge is -2.40. The van der Waals surface area contributed by atoms with Crippen LogP contribution in [0.15, 0.2) is 4.99 Å². The SMILES string of the molecule is CN=C(NCCCSC)NC1CN(C(=O)OC(C)(C)C)C1.I. The second-order valence-electron chi connectivity index (χ2n) is 6.07. The second-order valence-corrected chi connectivity index (χ2v) is 7.06. The van der Waals surface area contributed by atoms with Crippen molar-refractivity contribution in [3.05, 3.63) is 0 Å². The van der Waals surface area contributed by atoms with E-state index in [1.54, 1.807) is 11.9 Å². The smallest absolute Gasteiger partial charge is 0.410 e. The molecule has 0 bridgehead atoms. The van der Waals surface area contributed by atoms with Crippen LogP contribution >= 0.6 is 35.7 Å². The topological polar surface area (TPSA) is 66.0 Å². The van der Waals surface area contributed by atoms with Gasteiger partial charge in [0.1, 0.15) is 5.60 Å². The summed E-state index contributed by atoms with van der Waals surface area (Å²) in [6.45, 7) is 7.84. The summed E-state index contributed by atoms with van der Waals surface area (Å²) in [5, 5.41) is 6.59. The maximum atomic E-state index is 11.8. The Morgan fingerprint density at radius 1 is 1.41 bits per heavy atom. The van der Waals surface area contributed by atoms with Gasteiger partial charge in [0, 0.05) is 26.7 Å². The molecule has 0 aromatic rings. The number of nitrogens with one attached hydrogen (secondary N) is 2. The molecule has 0 aromatic heterocycles. The molecule has 0 aromatic carbocycles. The van der Waals surface area contributed by atoms with E-state index < -0.39 is 5.60 Å². The molecule has 0 saturated carbocycles. The number of hydrogen-bond acceptors (Lipinski definition) is 4. The van der Waals surface area contributed by atoms with Crippen molar-refractivity contribution in [3.63, 3.8) is 0 Å². The van der Waals surface area contributed by atoms with Crippen LogP contribution in [0.25, 0.3) is 0 Å². The summed E-state index contributed by atoms with van der Waals surface area (Å²) in [5.74, 6) is 1.93. The first kappa shape index (κ1) is 21.6. The van der Waals surface area contributed by atoms with Gasteiger partial charge in [0.15, 0.2) is 5.96 Å². The van der Waals surface area contributed by atoms with Gasteiger partial charge in [-0.25, -0.2) is 4.79 Å². The molecule has 8 heteroatoms. The van der Waals surface area contributed by atoms with Gasteiger partial charge >= 0.3 is 6.09 Å². The Labute approximate surface area is 155 Å². The first-order valence-corrected chi connectivity index (χ1v) is 8.69. The average Bonchev–Trinajstić information content (AvgIpc) is 2.33. The van der Waals surface area contributed by atoms with Crippen molar-refractivity contribution in [2.45, 2.75) is 38.8 Å². The van der Waals surface area contributed by atoms with E-state index in [1.165, 1.54) is 0 Å². The molecule has 6 nitrogen and oxygen atoms in total. The summed E-state index contributed by atoms with van der Waals surface area (Å²) < 4.78 is 5.32. The summed E-state index contributed by atoms with van der Waals surface area (Å²) >= 11 is 1.84. The maximum Gasteiger partial charge on any atom is 0.410 e. The van der Waals surface area contributed by atoms with Gasteiger partial charge in [0.2, 0.25) is 0 Å². The van der Waals surface area contributed by atoms with Crippen LogP contribution in [0, 0.1) is 0 Å². The predicted molar refractivity (Wildman–Crippen MR) is 105 cm³/mol. The highest BCUT2D eigenvalue weighted by molar-refractivity contribution is 14.0. The lowest BCUT2D eigenvalue weighted by molar-refractivity contribution is 0.00701. The number of amides is 1. The molecule has 0 unspecified atom stereocenters. The highest BCUT2D eigenvalue weighted by Gasteiger charge is 2.34. The molecule has 1 saturated heterocycles. The number of likely N-dealkylation sites (tertiary alicyclic amines) is 1. The minimum Gasteiger partial charge on any atom is -0.444 e. The second kappa shape index (κ2) is 10.4. The average molecular weight is 444 g/mol. The van der Waals surface area contributed by atoms with Gasteiger partial charge in [0.05, 0.1) is 6.04 Å². The maximum absolute atomic E-state index is 11.8. The summed E-state index contributed by atoms with van der Waals surface area (Å²) in [5.41, 5.74) is -0.440. The molecule has 0 spiro atoms. The number of guanidine groups is 1. The van der Waals surface area contributed by atoms with Gasteiger partial charge < -0.3 is 20.3 Å². The third-order valence-electron chi connectivity index (χ3n) is 2.92. The Morgan fingerprint density at radius 2 is 2.05 bits per heavy atom. The number of carbonyl (C=O) groups excluding carboxylic acids is 1. The molecule has 1 fully saturated rings. The molecule has 0 radical (unpaired) electrons. The van der Waals surface area contributed by atoms with E-state index in [0.717, 1.165) is 24.7 Å². The minimum absolute atomic E-state index is 0. The minimum atomic E-state index is -0.440. The van der Waals surface area contributed by atoms with Crippen LogP contribution in [-0.4, -0.2) is 67.3 Å². The Hall–Kier alpha value is -0.380. The van der Waals surface area contributed by atoms with Gasteiger partial charge in [-0.3, -0.25) is 4.99 Å². The molecule has 1 amide bonds. The molecule has 0 aliphatic carbocycles. The largest absolute Gasteiger partial charge is 0.444 e. The Bertz CT molecular complexity index is 368. The van der Waals surface area contributed by atoms with Gasteiger partial charge in [-0.1, -0.05) is 0 Å². The molecular weight excluding hydrogens is 415 g/mol. The monoisotopic (exact) mass is 444 g/mol. The van der Waals surface area contributed by atoms with Crippen molar-refractivity contribution in [2.24, 2.45) is 4.99 Å². The van der Waals surface area contributed by atoms with Crippen LogP contribution in [0.2, 0.25) is 0 Å². The molecule has 2 N–H and O–H groups in total. The van der Waals surface area contributed by atoms with E-state index in [0.29, 0.717) is 13.1 Å². The van der Waals surface area contributed by atoms with Crippen molar-refractivity contribution in [3.8, 4) is 0 Å². The fraction of sp³-hybridized carbons (Fsp3) is 0.857.